The van der Waals surface area contributed by atoms with Gasteiger partial charge in [-0.2, -0.15) is 0 Å². The maximum atomic E-state index is 10.8. The molecule has 17 heavy (non-hydrogen) atoms. The van der Waals surface area contributed by atoms with Crippen LogP contribution in [-0.2, 0) is 0 Å². The van der Waals surface area contributed by atoms with E-state index in [4.69, 9.17) is 11.6 Å². The summed E-state index contributed by atoms with van der Waals surface area (Å²) in [4.78, 5) is 21.5. The SMILES string of the molecule is Cc1nc(Sc2ncnc(Cl)c2[N+](=O)[O-])n[nH]1. The number of nitrogens with one attached hydrogen (secondary N) is 1. The highest BCUT2D eigenvalue weighted by atomic mass is 35.5. The predicted octanol–water partition coefficient (Wildman–Crippen LogP) is 1.62. The van der Waals surface area contributed by atoms with Crippen molar-refractivity contribution in [1.29, 1.82) is 0 Å². The first-order chi connectivity index (χ1) is 8.08. The molecule has 0 saturated carbocycles. The summed E-state index contributed by atoms with van der Waals surface area (Å²) in [7, 11) is 0. The van der Waals surface area contributed by atoms with Crippen molar-refractivity contribution in [3.05, 3.63) is 27.4 Å². The van der Waals surface area contributed by atoms with Crippen molar-refractivity contribution < 1.29 is 4.92 Å². The Balaban J connectivity index is 2.39. The number of rotatable bonds is 3. The molecule has 0 aliphatic carbocycles. The van der Waals surface area contributed by atoms with Gasteiger partial charge in [-0.1, -0.05) is 11.6 Å². The third-order valence-corrected chi connectivity index (χ3v) is 2.83. The summed E-state index contributed by atoms with van der Waals surface area (Å²) < 4.78 is 0. The van der Waals surface area contributed by atoms with E-state index >= 15 is 0 Å². The molecule has 0 radical (unpaired) electrons. The lowest BCUT2D eigenvalue weighted by Crippen LogP contribution is -1.96. The van der Waals surface area contributed by atoms with Crippen molar-refractivity contribution in [3.63, 3.8) is 0 Å². The van der Waals surface area contributed by atoms with E-state index < -0.39 is 4.92 Å². The van der Waals surface area contributed by atoms with Crippen LogP contribution in [0, 0.1) is 17.0 Å². The quantitative estimate of drug-likeness (QED) is 0.513. The number of H-pyrrole nitrogens is 1. The van der Waals surface area contributed by atoms with Gasteiger partial charge in [-0.05, 0) is 18.7 Å². The van der Waals surface area contributed by atoms with Gasteiger partial charge in [0.2, 0.25) is 10.3 Å². The molecule has 0 amide bonds. The van der Waals surface area contributed by atoms with Crippen LogP contribution in [0.3, 0.4) is 0 Å². The first kappa shape index (κ1) is 11.7. The number of aryl methyl sites for hydroxylation is 1. The Morgan fingerprint density at radius 3 is 2.88 bits per heavy atom. The Bertz CT molecular complexity index is 573. The van der Waals surface area contributed by atoms with Crippen LogP contribution in [0.1, 0.15) is 5.82 Å². The lowest BCUT2D eigenvalue weighted by atomic mass is 10.5. The summed E-state index contributed by atoms with van der Waals surface area (Å²) >= 11 is 6.59. The molecular formula is C7H5ClN6O2S. The van der Waals surface area contributed by atoms with E-state index in [1.165, 1.54) is 0 Å². The van der Waals surface area contributed by atoms with Gasteiger partial charge in [0.25, 0.3) is 0 Å². The lowest BCUT2D eigenvalue weighted by Gasteiger charge is -1.98. The monoisotopic (exact) mass is 272 g/mol. The van der Waals surface area contributed by atoms with E-state index in [-0.39, 0.29) is 15.9 Å². The van der Waals surface area contributed by atoms with Crippen LogP contribution in [0.2, 0.25) is 5.15 Å². The summed E-state index contributed by atoms with van der Waals surface area (Å²) in [5, 5.41) is 17.5. The standard InChI is InChI=1S/C7H5ClN6O2S/c1-3-11-7(13-12-3)17-6-4(14(15)16)5(8)9-2-10-6/h2H,1H3,(H,11,12,13). The summed E-state index contributed by atoms with van der Waals surface area (Å²) in [6.45, 7) is 1.72. The molecule has 0 atom stereocenters. The molecule has 0 spiro atoms. The number of nitrogens with zero attached hydrogens (tertiary/aromatic N) is 5. The Kier molecular flexibility index (Phi) is 3.20. The molecule has 2 rings (SSSR count). The maximum Gasteiger partial charge on any atom is 0.338 e. The molecule has 0 fully saturated rings. The zero-order valence-electron chi connectivity index (χ0n) is 8.42. The zero-order chi connectivity index (χ0) is 12.4. The highest BCUT2D eigenvalue weighted by Gasteiger charge is 2.23. The summed E-state index contributed by atoms with van der Waals surface area (Å²) in [6.07, 6.45) is 1.15. The predicted molar refractivity (Wildman–Crippen MR) is 58.9 cm³/mol. The van der Waals surface area contributed by atoms with Gasteiger partial charge in [0.1, 0.15) is 12.2 Å². The van der Waals surface area contributed by atoms with Crippen molar-refractivity contribution in [3.8, 4) is 0 Å². The van der Waals surface area contributed by atoms with Gasteiger partial charge in [0, 0.05) is 0 Å². The highest BCUT2D eigenvalue weighted by molar-refractivity contribution is 7.99. The number of aromatic amines is 1. The largest absolute Gasteiger partial charge is 0.338 e. The Labute approximate surface area is 104 Å². The molecule has 88 valence electrons. The average molecular weight is 273 g/mol. The first-order valence-electron chi connectivity index (χ1n) is 4.29. The van der Waals surface area contributed by atoms with Crippen LogP contribution >= 0.6 is 23.4 Å². The Morgan fingerprint density at radius 2 is 2.29 bits per heavy atom. The summed E-state index contributed by atoms with van der Waals surface area (Å²) in [5.41, 5.74) is -0.346. The number of hydrogen-bond acceptors (Lipinski definition) is 7. The zero-order valence-corrected chi connectivity index (χ0v) is 9.99. The normalized spacial score (nSPS) is 10.5. The Hall–Kier alpha value is -1.74. The number of halogens is 1. The summed E-state index contributed by atoms with van der Waals surface area (Å²) in [6, 6.07) is 0. The van der Waals surface area contributed by atoms with Crippen LogP contribution in [0.4, 0.5) is 5.69 Å². The van der Waals surface area contributed by atoms with Crippen LogP contribution in [0.15, 0.2) is 16.5 Å². The summed E-state index contributed by atoms with van der Waals surface area (Å²) in [5.74, 6) is 0.607. The minimum absolute atomic E-state index is 0.106. The molecule has 2 aromatic rings. The van der Waals surface area contributed by atoms with Gasteiger partial charge in [-0.25, -0.2) is 15.0 Å². The van der Waals surface area contributed by atoms with Crippen LogP contribution in [0.25, 0.3) is 0 Å². The molecule has 8 nitrogen and oxygen atoms in total. The third kappa shape index (κ3) is 2.50. The third-order valence-electron chi connectivity index (χ3n) is 1.69. The highest BCUT2D eigenvalue weighted by Crippen LogP contribution is 2.34. The molecule has 0 saturated heterocycles. The van der Waals surface area contributed by atoms with Crippen molar-refractivity contribution in [2.24, 2.45) is 0 Å². The van der Waals surface area contributed by atoms with Gasteiger partial charge in [-0.3, -0.25) is 15.2 Å². The second-order valence-electron chi connectivity index (χ2n) is 2.88. The molecule has 0 aliphatic heterocycles. The fourth-order valence-electron chi connectivity index (χ4n) is 1.02. The van der Waals surface area contributed by atoms with Crippen molar-refractivity contribution in [1.82, 2.24) is 25.1 Å². The second-order valence-corrected chi connectivity index (χ2v) is 4.19. The van der Waals surface area contributed by atoms with Gasteiger partial charge in [0.15, 0.2) is 5.03 Å². The van der Waals surface area contributed by atoms with Crippen molar-refractivity contribution in [2.45, 2.75) is 17.1 Å². The molecule has 0 aliphatic rings. The lowest BCUT2D eigenvalue weighted by molar-refractivity contribution is -0.388. The van der Waals surface area contributed by atoms with E-state index in [1.807, 2.05) is 0 Å². The number of nitro groups is 1. The topological polar surface area (TPSA) is 110 Å². The van der Waals surface area contributed by atoms with Crippen LogP contribution in [-0.4, -0.2) is 30.1 Å². The first-order valence-corrected chi connectivity index (χ1v) is 5.49. The molecule has 1 N–H and O–H groups in total. The molecule has 0 unspecified atom stereocenters. The minimum atomic E-state index is -0.635. The molecular weight excluding hydrogens is 268 g/mol. The van der Waals surface area contributed by atoms with E-state index in [9.17, 15) is 10.1 Å². The molecule has 2 heterocycles. The second kappa shape index (κ2) is 4.63. The fourth-order valence-corrected chi connectivity index (χ4v) is 2.10. The number of hydrogen-bond donors (Lipinski definition) is 1. The smallest absolute Gasteiger partial charge is 0.262 e. The molecule has 0 aromatic carbocycles. The van der Waals surface area contributed by atoms with Gasteiger partial charge in [-0.15, -0.1) is 5.10 Å². The minimum Gasteiger partial charge on any atom is -0.262 e. The molecule has 0 bridgehead atoms. The fraction of sp³-hybridized carbons (Fsp3) is 0.143. The van der Waals surface area contributed by atoms with Crippen molar-refractivity contribution in [2.75, 3.05) is 0 Å². The van der Waals surface area contributed by atoms with Gasteiger partial charge < -0.3 is 0 Å². The van der Waals surface area contributed by atoms with E-state index in [2.05, 4.69) is 25.1 Å². The maximum absolute atomic E-state index is 10.8. The number of aromatic nitrogens is 5. The molecule has 2 aromatic heterocycles. The van der Waals surface area contributed by atoms with Crippen LogP contribution < -0.4 is 0 Å². The van der Waals surface area contributed by atoms with E-state index in [0.717, 1.165) is 18.1 Å². The van der Waals surface area contributed by atoms with Gasteiger partial charge in [0.05, 0.1) is 4.92 Å². The van der Waals surface area contributed by atoms with E-state index in [1.54, 1.807) is 6.92 Å². The molecule has 10 heteroatoms. The Morgan fingerprint density at radius 1 is 1.53 bits per heavy atom. The van der Waals surface area contributed by atoms with E-state index in [0.29, 0.717) is 11.0 Å². The average Bonchev–Trinajstić information content (AvgIpc) is 2.63. The van der Waals surface area contributed by atoms with Crippen molar-refractivity contribution >= 4 is 29.1 Å². The van der Waals surface area contributed by atoms with Crippen LogP contribution in [0.5, 0.6) is 0 Å². The van der Waals surface area contributed by atoms with Gasteiger partial charge >= 0.3 is 5.69 Å².